The summed E-state index contributed by atoms with van der Waals surface area (Å²) in [6.07, 6.45) is 13.4. The number of aldehydes is 1. The lowest BCUT2D eigenvalue weighted by atomic mass is 9.65. The van der Waals surface area contributed by atoms with Crippen LogP contribution in [0.5, 0.6) is 5.75 Å². The van der Waals surface area contributed by atoms with Gasteiger partial charge in [-0.25, -0.2) is 0 Å². The topological polar surface area (TPSA) is 40.5 Å². The molecule has 2 aromatic rings. The number of hydrogen-bond donors (Lipinski definition) is 1. The molecule has 0 bridgehead atoms. The lowest BCUT2D eigenvalue weighted by Crippen LogP contribution is -2.34. The monoisotopic (exact) mass is 413 g/mol. The smallest absolute Gasteiger partial charge is 0.123 e. The Kier molecular flexibility index (Phi) is 5.67. The van der Waals surface area contributed by atoms with Gasteiger partial charge < -0.3 is 14.8 Å². The summed E-state index contributed by atoms with van der Waals surface area (Å²) in [6.45, 7) is 1.95. The molecular weight excluding hydrogens is 382 g/mol. The highest BCUT2D eigenvalue weighted by molar-refractivity contribution is 5.53. The Hall–Kier alpha value is -2.81. The van der Waals surface area contributed by atoms with Gasteiger partial charge in [-0.15, -0.1) is 0 Å². The first-order valence-corrected chi connectivity index (χ1v) is 11.7. The van der Waals surface area contributed by atoms with Gasteiger partial charge in [0.1, 0.15) is 12.0 Å². The predicted molar refractivity (Wildman–Crippen MR) is 124 cm³/mol. The Morgan fingerprint density at radius 1 is 1.00 bits per heavy atom. The minimum atomic E-state index is 0.235. The predicted octanol–water partition coefficient (Wildman–Crippen LogP) is 5.58. The number of aryl methyl sites for hydroxylation is 1. The summed E-state index contributed by atoms with van der Waals surface area (Å²) in [5, 5.41) is 10.0. The van der Waals surface area contributed by atoms with Gasteiger partial charge in [0, 0.05) is 24.7 Å². The van der Waals surface area contributed by atoms with Gasteiger partial charge in [-0.05, 0) is 84.8 Å². The van der Waals surface area contributed by atoms with Crippen molar-refractivity contribution < 1.29 is 9.90 Å². The van der Waals surface area contributed by atoms with Crippen LogP contribution < -0.4 is 0 Å². The number of rotatable bonds is 4. The molecule has 2 aromatic carbocycles. The van der Waals surface area contributed by atoms with Crippen molar-refractivity contribution >= 4 is 6.29 Å². The van der Waals surface area contributed by atoms with Crippen molar-refractivity contribution in [3.05, 3.63) is 89.1 Å². The van der Waals surface area contributed by atoms with E-state index in [1.165, 1.54) is 22.4 Å². The molecule has 0 radical (unpaired) electrons. The number of benzene rings is 2. The first-order chi connectivity index (χ1) is 15.2. The molecule has 0 amide bonds. The number of nitrogens with zero attached hydrogens (tertiary/aromatic N) is 1. The first kappa shape index (κ1) is 20.1. The minimum absolute atomic E-state index is 0.235. The molecule has 1 fully saturated rings. The number of likely N-dealkylation sites (tertiary alicyclic amines) is 1. The largest absolute Gasteiger partial charge is 0.508 e. The van der Waals surface area contributed by atoms with Gasteiger partial charge in [-0.2, -0.15) is 0 Å². The number of fused-ring (bicyclic) bond motifs is 1. The quantitative estimate of drug-likeness (QED) is 0.666. The summed E-state index contributed by atoms with van der Waals surface area (Å²) in [6, 6.07) is 16.9. The Balaban J connectivity index is 1.40. The number of phenolic OH excluding ortho intramolecular Hbond substituents is 1. The van der Waals surface area contributed by atoms with Crippen molar-refractivity contribution in [2.75, 3.05) is 13.1 Å². The Labute approximate surface area is 185 Å². The van der Waals surface area contributed by atoms with Gasteiger partial charge in [0.15, 0.2) is 0 Å². The van der Waals surface area contributed by atoms with Gasteiger partial charge >= 0.3 is 0 Å². The van der Waals surface area contributed by atoms with Crippen LogP contribution in [0.2, 0.25) is 0 Å². The maximum atomic E-state index is 11.1. The summed E-state index contributed by atoms with van der Waals surface area (Å²) < 4.78 is 0. The van der Waals surface area contributed by atoms with E-state index in [4.69, 9.17) is 0 Å². The van der Waals surface area contributed by atoms with Crippen LogP contribution in [0.25, 0.3) is 0 Å². The van der Waals surface area contributed by atoms with Gasteiger partial charge in [0.05, 0.1) is 0 Å². The van der Waals surface area contributed by atoms with E-state index in [9.17, 15) is 9.90 Å². The van der Waals surface area contributed by atoms with E-state index >= 15 is 0 Å². The number of aromatic hydroxyl groups is 1. The van der Waals surface area contributed by atoms with Gasteiger partial charge in [-0.3, -0.25) is 0 Å². The second-order valence-electron chi connectivity index (χ2n) is 9.31. The Morgan fingerprint density at radius 3 is 2.52 bits per heavy atom. The van der Waals surface area contributed by atoms with E-state index in [0.717, 1.165) is 51.5 Å². The Morgan fingerprint density at radius 2 is 1.81 bits per heavy atom. The fourth-order valence-corrected chi connectivity index (χ4v) is 5.86. The highest BCUT2D eigenvalue weighted by Crippen LogP contribution is 2.49. The molecule has 31 heavy (non-hydrogen) atoms. The molecule has 1 aliphatic heterocycles. The summed E-state index contributed by atoms with van der Waals surface area (Å²) in [7, 11) is 0. The van der Waals surface area contributed by atoms with Crippen molar-refractivity contribution in [3.63, 3.8) is 0 Å². The average Bonchev–Trinajstić information content (AvgIpc) is 2.84. The molecule has 1 saturated heterocycles. The van der Waals surface area contributed by atoms with Crippen LogP contribution in [0, 0.1) is 11.8 Å². The van der Waals surface area contributed by atoms with E-state index in [1.54, 1.807) is 0 Å². The normalized spacial score (nSPS) is 26.3. The Bertz CT molecular complexity index is 985. The summed E-state index contributed by atoms with van der Waals surface area (Å²) in [4.78, 5) is 13.5. The lowest BCUT2D eigenvalue weighted by Gasteiger charge is -2.40. The molecule has 2 aliphatic carbocycles. The van der Waals surface area contributed by atoms with Crippen LogP contribution in [0.4, 0.5) is 0 Å². The number of allylic oxidation sites excluding steroid dienone is 3. The number of carbonyl (C=O) groups is 1. The number of hydrogen-bond acceptors (Lipinski definition) is 3. The standard InChI is InChI=1S/C28H31NO2/c30-19-20-14-16-29(17-15-20)24-9-6-22(7-10-24)28-26(21-4-2-1-3-5-21)12-8-23-18-25(31)11-13-27(23)28/h1-6,9-11,13,18-20,22,26,28,31H,7-8,12,14-17H2/t22?,26-,28+/m1/s1. The molecule has 1 N–H and O–H groups in total. The third-order valence-corrected chi connectivity index (χ3v) is 7.54. The molecular formula is C28H31NO2. The zero-order valence-electron chi connectivity index (χ0n) is 18.0. The highest BCUT2D eigenvalue weighted by atomic mass is 16.3. The maximum Gasteiger partial charge on any atom is 0.123 e. The first-order valence-electron chi connectivity index (χ1n) is 11.7. The van der Waals surface area contributed by atoms with Crippen LogP contribution in [0.15, 0.2) is 72.5 Å². The average molecular weight is 414 g/mol. The van der Waals surface area contributed by atoms with Gasteiger partial charge in [-0.1, -0.05) is 48.6 Å². The molecule has 5 rings (SSSR count). The fraction of sp³-hybridized carbons (Fsp3) is 0.393. The second kappa shape index (κ2) is 8.74. The number of piperidine rings is 1. The van der Waals surface area contributed by atoms with Gasteiger partial charge in [0.2, 0.25) is 0 Å². The molecule has 0 spiro atoms. The lowest BCUT2D eigenvalue weighted by molar-refractivity contribution is -0.112. The third-order valence-electron chi connectivity index (χ3n) is 7.54. The fourth-order valence-electron chi connectivity index (χ4n) is 5.86. The number of carbonyl (C=O) groups excluding carboxylic acids is 1. The zero-order chi connectivity index (χ0) is 21.2. The molecule has 0 aromatic heterocycles. The van der Waals surface area contributed by atoms with Crippen LogP contribution in [0.1, 0.15) is 54.2 Å². The molecule has 3 heteroatoms. The van der Waals surface area contributed by atoms with E-state index in [-0.39, 0.29) is 5.92 Å². The summed E-state index contributed by atoms with van der Waals surface area (Å²) in [5.74, 6) is 1.97. The highest BCUT2D eigenvalue weighted by Gasteiger charge is 2.36. The van der Waals surface area contributed by atoms with Crippen molar-refractivity contribution in [1.29, 1.82) is 0 Å². The van der Waals surface area contributed by atoms with Crippen molar-refractivity contribution in [2.24, 2.45) is 11.8 Å². The second-order valence-corrected chi connectivity index (χ2v) is 9.31. The SMILES string of the molecule is O=CC1CCN(C2=CCC([C@@H]3c4ccc(O)cc4CC[C@@H]3c3ccccc3)C=C2)CC1. The van der Waals surface area contributed by atoms with Crippen LogP contribution in [0.3, 0.4) is 0 Å². The van der Waals surface area contributed by atoms with Crippen LogP contribution in [-0.2, 0) is 11.2 Å². The van der Waals surface area contributed by atoms with E-state index in [2.05, 4.69) is 59.5 Å². The van der Waals surface area contributed by atoms with Crippen LogP contribution >= 0.6 is 0 Å². The van der Waals surface area contributed by atoms with Crippen molar-refractivity contribution in [3.8, 4) is 5.75 Å². The number of phenols is 1. The molecule has 160 valence electrons. The van der Waals surface area contributed by atoms with E-state index in [1.807, 2.05) is 12.1 Å². The maximum absolute atomic E-state index is 11.1. The van der Waals surface area contributed by atoms with Crippen molar-refractivity contribution in [2.45, 2.75) is 43.9 Å². The molecule has 1 heterocycles. The third kappa shape index (κ3) is 4.06. The van der Waals surface area contributed by atoms with E-state index < -0.39 is 0 Å². The molecule has 3 aliphatic rings. The summed E-state index contributed by atoms with van der Waals surface area (Å²) in [5.41, 5.74) is 5.44. The van der Waals surface area contributed by atoms with Gasteiger partial charge in [0.25, 0.3) is 0 Å². The van der Waals surface area contributed by atoms with E-state index in [0.29, 0.717) is 23.5 Å². The molecule has 1 unspecified atom stereocenters. The molecule has 3 atom stereocenters. The van der Waals surface area contributed by atoms with Crippen LogP contribution in [-0.4, -0.2) is 29.4 Å². The molecule has 0 saturated carbocycles. The zero-order valence-corrected chi connectivity index (χ0v) is 18.0. The molecule has 3 nitrogen and oxygen atoms in total. The van der Waals surface area contributed by atoms with Crippen molar-refractivity contribution in [1.82, 2.24) is 4.90 Å². The summed E-state index contributed by atoms with van der Waals surface area (Å²) >= 11 is 0. The minimum Gasteiger partial charge on any atom is -0.508 e.